The molecule has 168 valence electrons. The number of ether oxygens (including phenoxy) is 2. The van der Waals surface area contributed by atoms with Crippen LogP contribution in [-0.4, -0.2) is 73.3 Å². The molecule has 1 aromatic rings. The van der Waals surface area contributed by atoms with E-state index < -0.39 is 5.60 Å². The largest absolute Gasteiger partial charge is 0.479 e. The van der Waals surface area contributed by atoms with Crippen molar-refractivity contribution >= 4 is 18.1 Å². The fourth-order valence-electron chi connectivity index (χ4n) is 3.02. The molecule has 31 heavy (non-hydrogen) atoms. The molecule has 1 aliphatic rings. The molecule has 0 radical (unpaired) electrons. The molecular weight excluding hydrogens is 396 g/mol. The fraction of sp³-hybridized carbons (Fsp3) is 0.522. The Balaban J connectivity index is 1.60. The van der Waals surface area contributed by atoms with Crippen molar-refractivity contribution in [3.63, 3.8) is 0 Å². The van der Waals surface area contributed by atoms with E-state index >= 15 is 0 Å². The number of carbonyl (C=O) groups excluding carboxylic acids is 2. The molecule has 0 atom stereocenters. The third-order valence-electron chi connectivity index (χ3n) is 4.58. The van der Waals surface area contributed by atoms with Crippen molar-refractivity contribution in [1.82, 2.24) is 15.1 Å². The first-order valence-electron chi connectivity index (χ1n) is 10.5. The van der Waals surface area contributed by atoms with Crippen molar-refractivity contribution in [2.24, 2.45) is 0 Å². The zero-order valence-corrected chi connectivity index (χ0v) is 18.6. The maximum atomic E-state index is 12.1. The number of hydrogen-bond acceptors (Lipinski definition) is 6. The number of carbonyl (C=O) groups is 2. The lowest BCUT2D eigenvalue weighted by atomic mass is 10.2. The van der Waals surface area contributed by atoms with Gasteiger partial charge in [-0.2, -0.15) is 5.26 Å². The molecule has 0 aromatic heterocycles. The van der Waals surface area contributed by atoms with E-state index in [-0.39, 0.29) is 18.6 Å². The van der Waals surface area contributed by atoms with Crippen LogP contribution in [0.15, 0.2) is 30.3 Å². The lowest BCUT2D eigenvalue weighted by molar-refractivity contribution is -0.116. The molecule has 8 nitrogen and oxygen atoms in total. The van der Waals surface area contributed by atoms with Gasteiger partial charge in [0.05, 0.1) is 0 Å². The molecule has 0 saturated carbocycles. The predicted octanol–water partition coefficient (Wildman–Crippen LogP) is 2.66. The monoisotopic (exact) mass is 428 g/mol. The van der Waals surface area contributed by atoms with Gasteiger partial charge in [-0.1, -0.05) is 12.1 Å². The highest BCUT2D eigenvalue weighted by Crippen LogP contribution is 2.13. The molecule has 1 fully saturated rings. The third-order valence-corrected chi connectivity index (χ3v) is 4.58. The highest BCUT2D eigenvalue weighted by Gasteiger charge is 2.25. The van der Waals surface area contributed by atoms with E-state index in [1.165, 1.54) is 6.08 Å². The lowest BCUT2D eigenvalue weighted by Crippen LogP contribution is -2.50. The normalized spacial score (nSPS) is 14.8. The second-order valence-corrected chi connectivity index (χ2v) is 8.30. The van der Waals surface area contributed by atoms with Gasteiger partial charge < -0.3 is 19.7 Å². The molecular formula is C23H32N4O4. The Morgan fingerprint density at radius 3 is 2.45 bits per heavy atom. The standard InChI is InChI=1S/C23H32N4O4/c1-23(2,3)31-22(29)27-16-14-26(15-17-27)13-4-12-25-21(28)10-7-19-5-8-20(9-6-19)30-18-11-24/h5-10H,4,12-18H2,1-3H3,(H,25,28). The minimum absolute atomic E-state index is 0.0109. The molecule has 0 spiro atoms. The summed E-state index contributed by atoms with van der Waals surface area (Å²) in [6.07, 6.45) is 3.83. The number of hydrogen-bond donors (Lipinski definition) is 1. The summed E-state index contributed by atoms with van der Waals surface area (Å²) in [5, 5.41) is 11.4. The number of nitrogens with one attached hydrogen (secondary N) is 1. The fourth-order valence-corrected chi connectivity index (χ4v) is 3.02. The van der Waals surface area contributed by atoms with Crippen LogP contribution in [0.2, 0.25) is 0 Å². The smallest absolute Gasteiger partial charge is 0.410 e. The van der Waals surface area contributed by atoms with Crippen LogP contribution in [-0.2, 0) is 9.53 Å². The van der Waals surface area contributed by atoms with E-state index in [0.717, 1.165) is 31.6 Å². The molecule has 2 rings (SSSR count). The summed E-state index contributed by atoms with van der Waals surface area (Å²) in [6.45, 7) is 10.0. The Morgan fingerprint density at radius 2 is 1.84 bits per heavy atom. The van der Waals surface area contributed by atoms with Crippen LogP contribution in [0.3, 0.4) is 0 Å². The average molecular weight is 429 g/mol. The first-order valence-corrected chi connectivity index (χ1v) is 10.5. The number of amides is 2. The minimum Gasteiger partial charge on any atom is -0.479 e. The Hall–Kier alpha value is -3.05. The molecule has 1 saturated heterocycles. The topological polar surface area (TPSA) is 94.9 Å². The maximum absolute atomic E-state index is 12.1. The molecule has 0 unspecified atom stereocenters. The summed E-state index contributed by atoms with van der Waals surface area (Å²) in [4.78, 5) is 28.1. The Bertz CT molecular complexity index is 785. The second kappa shape index (κ2) is 12.0. The van der Waals surface area contributed by atoms with E-state index in [2.05, 4.69) is 10.2 Å². The number of nitriles is 1. The van der Waals surface area contributed by atoms with E-state index in [1.54, 1.807) is 23.1 Å². The quantitative estimate of drug-likeness (QED) is 0.505. The molecule has 0 bridgehead atoms. The summed E-state index contributed by atoms with van der Waals surface area (Å²) < 4.78 is 10.6. The second-order valence-electron chi connectivity index (χ2n) is 8.30. The van der Waals surface area contributed by atoms with Crippen LogP contribution in [0.1, 0.15) is 32.8 Å². The highest BCUT2D eigenvalue weighted by molar-refractivity contribution is 5.91. The van der Waals surface area contributed by atoms with Crippen molar-refractivity contribution in [1.29, 1.82) is 5.26 Å². The van der Waals surface area contributed by atoms with Crippen molar-refractivity contribution in [2.75, 3.05) is 45.9 Å². The molecule has 8 heteroatoms. The lowest BCUT2D eigenvalue weighted by Gasteiger charge is -2.35. The van der Waals surface area contributed by atoms with Crippen LogP contribution in [0, 0.1) is 11.3 Å². The minimum atomic E-state index is -0.475. The summed E-state index contributed by atoms with van der Waals surface area (Å²) in [7, 11) is 0. The van der Waals surface area contributed by atoms with Gasteiger partial charge in [-0.25, -0.2) is 4.79 Å². The number of nitrogens with zero attached hydrogens (tertiary/aromatic N) is 3. The van der Waals surface area contributed by atoms with Crippen LogP contribution < -0.4 is 10.1 Å². The molecule has 2 amide bonds. The number of piperazine rings is 1. The average Bonchev–Trinajstić information content (AvgIpc) is 2.73. The van der Waals surface area contributed by atoms with E-state index in [4.69, 9.17) is 14.7 Å². The summed E-state index contributed by atoms with van der Waals surface area (Å²) >= 11 is 0. The summed E-state index contributed by atoms with van der Waals surface area (Å²) in [5.74, 6) is 0.481. The van der Waals surface area contributed by atoms with Gasteiger partial charge in [0.1, 0.15) is 17.4 Å². The van der Waals surface area contributed by atoms with Crippen molar-refractivity contribution in [3.8, 4) is 11.8 Å². The summed E-state index contributed by atoms with van der Waals surface area (Å²) in [5.41, 5.74) is 0.402. The van der Waals surface area contributed by atoms with Gasteiger partial charge in [0, 0.05) is 38.8 Å². The first-order chi connectivity index (χ1) is 14.8. The first kappa shape index (κ1) is 24.2. The van der Waals surface area contributed by atoms with Crippen LogP contribution in [0.4, 0.5) is 4.79 Å². The van der Waals surface area contributed by atoms with Gasteiger partial charge in [0.25, 0.3) is 0 Å². The van der Waals surface area contributed by atoms with Crippen LogP contribution in [0.25, 0.3) is 6.08 Å². The Morgan fingerprint density at radius 1 is 1.16 bits per heavy atom. The molecule has 1 aromatic carbocycles. The Labute approximate surface area is 184 Å². The Kier molecular flexibility index (Phi) is 9.35. The molecule has 1 heterocycles. The number of rotatable bonds is 8. The van der Waals surface area contributed by atoms with Gasteiger partial charge in [0.15, 0.2) is 6.61 Å². The maximum Gasteiger partial charge on any atom is 0.410 e. The van der Waals surface area contributed by atoms with E-state index in [9.17, 15) is 9.59 Å². The highest BCUT2D eigenvalue weighted by atomic mass is 16.6. The van der Waals surface area contributed by atoms with Gasteiger partial charge in [-0.05, 0) is 57.5 Å². The molecule has 0 aliphatic carbocycles. The van der Waals surface area contributed by atoms with Crippen molar-refractivity contribution in [3.05, 3.63) is 35.9 Å². The van der Waals surface area contributed by atoms with Crippen molar-refractivity contribution in [2.45, 2.75) is 32.8 Å². The van der Waals surface area contributed by atoms with Gasteiger partial charge >= 0.3 is 6.09 Å². The van der Waals surface area contributed by atoms with Gasteiger partial charge in [0.2, 0.25) is 5.91 Å². The van der Waals surface area contributed by atoms with E-state index in [1.807, 2.05) is 39.0 Å². The van der Waals surface area contributed by atoms with Gasteiger partial charge in [-0.3, -0.25) is 9.69 Å². The van der Waals surface area contributed by atoms with Crippen molar-refractivity contribution < 1.29 is 19.1 Å². The number of benzene rings is 1. The SMILES string of the molecule is CC(C)(C)OC(=O)N1CCN(CCCNC(=O)C=Cc2ccc(OCC#N)cc2)CC1. The predicted molar refractivity (Wildman–Crippen MR) is 118 cm³/mol. The van der Waals surface area contributed by atoms with Crippen LogP contribution >= 0.6 is 0 Å². The molecule has 1 aliphatic heterocycles. The summed E-state index contributed by atoms with van der Waals surface area (Å²) in [6, 6.07) is 9.09. The molecule has 1 N–H and O–H groups in total. The zero-order valence-electron chi connectivity index (χ0n) is 18.6. The van der Waals surface area contributed by atoms with Gasteiger partial charge in [-0.15, -0.1) is 0 Å². The van der Waals surface area contributed by atoms with Crippen LogP contribution in [0.5, 0.6) is 5.75 Å². The third kappa shape index (κ3) is 9.53. The van der Waals surface area contributed by atoms with E-state index in [0.29, 0.717) is 25.4 Å². The zero-order chi connectivity index (χ0) is 22.7.